The molecule has 1 aromatic carbocycles. The van der Waals surface area contributed by atoms with Crippen LogP contribution in [0.15, 0.2) is 30.6 Å². The van der Waals surface area contributed by atoms with E-state index in [9.17, 15) is 15.3 Å². The molecule has 4 rings (SSSR count). The molecule has 1 fully saturated rings. The summed E-state index contributed by atoms with van der Waals surface area (Å²) in [5.41, 5.74) is 9.06. The van der Waals surface area contributed by atoms with Crippen molar-refractivity contribution in [2.24, 2.45) is 0 Å². The van der Waals surface area contributed by atoms with Gasteiger partial charge in [0.1, 0.15) is 36.2 Å². The zero-order valence-corrected chi connectivity index (χ0v) is 16.5. The maximum absolute atomic E-state index is 10.4. The first kappa shape index (κ1) is 19.7. The summed E-state index contributed by atoms with van der Waals surface area (Å²) in [7, 11) is 0. The average molecular weight is 399 g/mol. The summed E-state index contributed by atoms with van der Waals surface area (Å²) in [4.78, 5) is 8.35. The second kappa shape index (κ2) is 7.03. The molecule has 9 nitrogen and oxygen atoms in total. The lowest BCUT2D eigenvalue weighted by Gasteiger charge is -2.19. The van der Waals surface area contributed by atoms with Crippen molar-refractivity contribution in [2.45, 2.75) is 50.7 Å². The Morgan fingerprint density at radius 2 is 1.79 bits per heavy atom. The number of ether oxygens (including phenoxy) is 1. The Labute approximate surface area is 167 Å². The Morgan fingerprint density at radius 1 is 1.10 bits per heavy atom. The van der Waals surface area contributed by atoms with Gasteiger partial charge in [0, 0.05) is 5.56 Å². The molecule has 1 saturated heterocycles. The molecule has 0 saturated carbocycles. The number of hydrogen-bond donors (Lipinski definition) is 4. The summed E-state index contributed by atoms with van der Waals surface area (Å²) in [6.07, 6.45) is -3.13. The number of nitrogens with zero attached hydrogens (tertiary/aromatic N) is 4. The first-order valence-corrected chi connectivity index (χ1v) is 9.44. The van der Waals surface area contributed by atoms with Crippen molar-refractivity contribution in [3.63, 3.8) is 0 Å². The largest absolute Gasteiger partial charge is 0.394 e. The van der Waals surface area contributed by atoms with Crippen molar-refractivity contribution in [3.05, 3.63) is 36.2 Å². The molecule has 0 amide bonds. The van der Waals surface area contributed by atoms with Crippen molar-refractivity contribution in [3.8, 4) is 11.3 Å². The van der Waals surface area contributed by atoms with Gasteiger partial charge in [-0.3, -0.25) is 0 Å². The summed E-state index contributed by atoms with van der Waals surface area (Å²) in [6, 6.07) is 7.98. The molecule has 9 heteroatoms. The molecule has 0 bridgehead atoms. The maximum atomic E-state index is 10.4. The third-order valence-electron chi connectivity index (χ3n) is 5.30. The quantitative estimate of drug-likeness (QED) is 0.511. The molecule has 29 heavy (non-hydrogen) atoms. The van der Waals surface area contributed by atoms with Crippen LogP contribution in [0.3, 0.4) is 0 Å². The smallest absolute Gasteiger partial charge is 0.181 e. The van der Waals surface area contributed by atoms with E-state index < -0.39 is 31.1 Å². The molecule has 0 spiro atoms. The Hall–Kier alpha value is -2.59. The van der Waals surface area contributed by atoms with E-state index in [1.54, 1.807) is 0 Å². The number of aliphatic hydroxyl groups excluding tert-OH is 3. The van der Waals surface area contributed by atoms with Gasteiger partial charge in [0.25, 0.3) is 0 Å². The van der Waals surface area contributed by atoms with E-state index >= 15 is 0 Å². The van der Waals surface area contributed by atoms with Crippen LogP contribution in [0.1, 0.15) is 32.6 Å². The second-order valence-electron chi connectivity index (χ2n) is 8.31. The lowest BCUT2D eigenvalue weighted by atomic mass is 9.86. The molecule has 2 aromatic heterocycles. The fourth-order valence-electron chi connectivity index (χ4n) is 3.59. The van der Waals surface area contributed by atoms with Gasteiger partial charge in [-0.1, -0.05) is 45.0 Å². The number of fused-ring (bicyclic) bond motifs is 1. The fourth-order valence-corrected chi connectivity index (χ4v) is 3.59. The van der Waals surface area contributed by atoms with Gasteiger partial charge in [-0.05, 0) is 11.0 Å². The van der Waals surface area contributed by atoms with Crippen LogP contribution in [0.5, 0.6) is 0 Å². The predicted molar refractivity (Wildman–Crippen MR) is 107 cm³/mol. The molecular formula is C20H25N5O4. The number of nitrogen functional groups attached to an aromatic ring is 1. The van der Waals surface area contributed by atoms with Gasteiger partial charge in [0.05, 0.1) is 12.0 Å². The topological polar surface area (TPSA) is 140 Å². The Balaban J connectivity index is 1.84. The third kappa shape index (κ3) is 3.25. The zero-order valence-electron chi connectivity index (χ0n) is 16.5. The van der Waals surface area contributed by atoms with Crippen molar-refractivity contribution >= 4 is 16.9 Å². The van der Waals surface area contributed by atoms with Crippen molar-refractivity contribution < 1.29 is 20.1 Å². The summed E-state index contributed by atoms with van der Waals surface area (Å²) >= 11 is 0. The molecule has 3 heterocycles. The lowest BCUT2D eigenvalue weighted by molar-refractivity contribution is -0.0565. The molecule has 0 aliphatic carbocycles. The monoisotopic (exact) mass is 399 g/mol. The van der Waals surface area contributed by atoms with Crippen LogP contribution in [-0.4, -0.2) is 60.0 Å². The van der Waals surface area contributed by atoms with Gasteiger partial charge in [-0.15, -0.1) is 0 Å². The van der Waals surface area contributed by atoms with E-state index in [-0.39, 0.29) is 11.2 Å². The number of aromatic nitrogens is 4. The minimum absolute atomic E-state index is 0.0132. The van der Waals surface area contributed by atoms with Crippen LogP contribution in [-0.2, 0) is 10.2 Å². The van der Waals surface area contributed by atoms with E-state index in [1.165, 1.54) is 16.6 Å². The molecule has 0 unspecified atom stereocenters. The first-order chi connectivity index (χ1) is 13.7. The Bertz CT molecular complexity index is 1030. The highest BCUT2D eigenvalue weighted by atomic mass is 16.6. The van der Waals surface area contributed by atoms with Crippen LogP contribution in [0.4, 0.5) is 5.82 Å². The Kier molecular flexibility index (Phi) is 4.78. The summed E-state index contributed by atoms with van der Waals surface area (Å²) < 4.78 is 7.02. The molecule has 5 N–H and O–H groups in total. The van der Waals surface area contributed by atoms with E-state index in [1.807, 2.05) is 24.3 Å². The summed E-state index contributed by atoms with van der Waals surface area (Å²) in [5.74, 6) is 0.253. The molecule has 3 aromatic rings. The predicted octanol–water partition coefficient (Wildman–Crippen LogP) is 0.984. The fraction of sp³-hybridized carbons (Fsp3) is 0.450. The molecular weight excluding hydrogens is 374 g/mol. The third-order valence-corrected chi connectivity index (χ3v) is 5.30. The van der Waals surface area contributed by atoms with E-state index in [2.05, 4.69) is 35.8 Å². The van der Waals surface area contributed by atoms with Gasteiger partial charge in [-0.2, -0.15) is 5.10 Å². The normalized spacial score (nSPS) is 25.0. The van der Waals surface area contributed by atoms with Gasteiger partial charge >= 0.3 is 0 Å². The molecule has 1 aliphatic rings. The first-order valence-electron chi connectivity index (χ1n) is 9.44. The summed E-state index contributed by atoms with van der Waals surface area (Å²) in [6.45, 7) is 5.99. The second-order valence-corrected chi connectivity index (χ2v) is 8.31. The van der Waals surface area contributed by atoms with Gasteiger partial charge < -0.3 is 25.8 Å². The number of nitrogens with two attached hydrogens (primary N) is 1. The van der Waals surface area contributed by atoms with Crippen molar-refractivity contribution in [2.75, 3.05) is 12.3 Å². The van der Waals surface area contributed by atoms with Crippen LogP contribution >= 0.6 is 0 Å². The van der Waals surface area contributed by atoms with E-state index in [0.29, 0.717) is 16.7 Å². The average Bonchev–Trinajstić information content (AvgIpc) is 3.20. The SMILES string of the molecule is CC(C)(C)c1ccc(-c2nn([C@@H]3O[C@H](CO)[C@@H](O)[C@H]3O)c3ncnc(N)c23)cc1. The molecule has 154 valence electrons. The zero-order chi connectivity index (χ0) is 20.9. The van der Waals surface area contributed by atoms with Crippen LogP contribution < -0.4 is 5.73 Å². The van der Waals surface area contributed by atoms with Gasteiger partial charge in [0.2, 0.25) is 0 Å². The van der Waals surface area contributed by atoms with Crippen LogP contribution in [0, 0.1) is 0 Å². The van der Waals surface area contributed by atoms with Crippen LogP contribution in [0.2, 0.25) is 0 Å². The van der Waals surface area contributed by atoms with Crippen molar-refractivity contribution in [1.29, 1.82) is 0 Å². The van der Waals surface area contributed by atoms with Crippen LogP contribution in [0.25, 0.3) is 22.3 Å². The van der Waals surface area contributed by atoms with E-state index in [4.69, 9.17) is 10.5 Å². The number of rotatable bonds is 3. The highest BCUT2D eigenvalue weighted by molar-refractivity contribution is 5.98. The highest BCUT2D eigenvalue weighted by Gasteiger charge is 2.44. The number of anilines is 1. The van der Waals surface area contributed by atoms with Gasteiger partial charge in [-0.25, -0.2) is 14.6 Å². The van der Waals surface area contributed by atoms with Gasteiger partial charge in [0.15, 0.2) is 11.9 Å². The minimum atomic E-state index is -1.28. The lowest BCUT2D eigenvalue weighted by Crippen LogP contribution is -2.33. The maximum Gasteiger partial charge on any atom is 0.181 e. The molecule has 0 radical (unpaired) electrons. The number of hydrogen-bond acceptors (Lipinski definition) is 8. The molecule has 4 atom stereocenters. The molecule has 1 aliphatic heterocycles. The summed E-state index contributed by atoms with van der Waals surface area (Å²) in [5, 5.41) is 35.1. The van der Waals surface area contributed by atoms with Crippen molar-refractivity contribution in [1.82, 2.24) is 19.7 Å². The highest BCUT2D eigenvalue weighted by Crippen LogP contribution is 2.36. The number of aliphatic hydroxyl groups is 3. The minimum Gasteiger partial charge on any atom is -0.394 e. The number of benzene rings is 1. The Morgan fingerprint density at radius 3 is 2.38 bits per heavy atom. The standard InChI is InChI=1S/C20H25N5O4/c1-20(2,3)11-6-4-10(5-7-11)14-13-17(21)22-9-23-18(13)25(24-14)19-16(28)15(27)12(8-26)29-19/h4-7,9,12,15-16,19,26-28H,8H2,1-3H3,(H2,21,22,23)/t12-,15-,16-,19-/m1/s1. The van der Waals surface area contributed by atoms with E-state index in [0.717, 1.165) is 5.56 Å².